The van der Waals surface area contributed by atoms with E-state index in [4.69, 9.17) is 0 Å². The van der Waals surface area contributed by atoms with E-state index in [1.807, 2.05) is 13.0 Å². The van der Waals surface area contributed by atoms with Gasteiger partial charge in [-0.25, -0.2) is 4.98 Å². The molecular weight excluding hydrogens is 253 g/mol. The number of nitrogens with one attached hydrogen (secondary N) is 1. The van der Waals surface area contributed by atoms with Gasteiger partial charge in [0, 0.05) is 6.20 Å². The fourth-order valence-electron chi connectivity index (χ4n) is 1.04. The molecule has 0 saturated carbocycles. The molecule has 0 amide bonds. The quantitative estimate of drug-likeness (QED) is 0.734. The Balaban J connectivity index is 2.90. The van der Waals surface area contributed by atoms with Crippen LogP contribution >= 0.6 is 22.6 Å². The van der Waals surface area contributed by atoms with Crippen LogP contribution in [0.1, 0.15) is 5.69 Å². The van der Waals surface area contributed by atoms with Crippen LogP contribution < -0.4 is 0 Å². The van der Waals surface area contributed by atoms with Gasteiger partial charge in [-0.3, -0.25) is 4.98 Å². The number of rotatable bonds is 0. The van der Waals surface area contributed by atoms with Crippen LogP contribution in [-0.2, 0) is 0 Å². The molecular formula is C7H6IN3. The standard InChI is InChI=1S/C7H6IN3/c1-4-6-5(2-3-9-4)10-7(8)11-6/h2-3H,1H3,(H,10,11). The van der Waals surface area contributed by atoms with Gasteiger partial charge in [0.1, 0.15) is 0 Å². The van der Waals surface area contributed by atoms with Crippen molar-refractivity contribution in [1.82, 2.24) is 15.0 Å². The second-order valence-electron chi connectivity index (χ2n) is 2.32. The molecule has 11 heavy (non-hydrogen) atoms. The number of imidazole rings is 1. The molecule has 2 aromatic rings. The number of nitrogens with zero attached hydrogens (tertiary/aromatic N) is 2. The average Bonchev–Trinajstić information content (AvgIpc) is 2.31. The van der Waals surface area contributed by atoms with E-state index < -0.39 is 0 Å². The molecule has 2 rings (SSSR count). The Morgan fingerprint density at radius 1 is 1.55 bits per heavy atom. The van der Waals surface area contributed by atoms with Gasteiger partial charge >= 0.3 is 0 Å². The van der Waals surface area contributed by atoms with Crippen LogP contribution in [0.2, 0.25) is 0 Å². The summed E-state index contributed by atoms with van der Waals surface area (Å²) in [5, 5.41) is 0. The van der Waals surface area contributed by atoms with Crippen LogP contribution in [0.25, 0.3) is 11.0 Å². The van der Waals surface area contributed by atoms with Gasteiger partial charge in [-0.2, -0.15) is 0 Å². The summed E-state index contributed by atoms with van der Waals surface area (Å²) in [4.78, 5) is 11.6. The molecule has 0 fully saturated rings. The van der Waals surface area contributed by atoms with E-state index >= 15 is 0 Å². The van der Waals surface area contributed by atoms with E-state index in [9.17, 15) is 0 Å². The summed E-state index contributed by atoms with van der Waals surface area (Å²) in [7, 11) is 0. The lowest BCUT2D eigenvalue weighted by molar-refractivity contribution is 1.21. The fraction of sp³-hybridized carbons (Fsp3) is 0.143. The third-order valence-corrected chi connectivity index (χ3v) is 2.08. The van der Waals surface area contributed by atoms with E-state index in [1.165, 1.54) is 0 Å². The first-order valence-corrected chi connectivity index (χ1v) is 4.32. The summed E-state index contributed by atoms with van der Waals surface area (Å²) in [6, 6.07) is 1.90. The zero-order chi connectivity index (χ0) is 7.84. The molecule has 0 atom stereocenters. The minimum Gasteiger partial charge on any atom is -0.332 e. The number of hydrogen-bond donors (Lipinski definition) is 1. The number of fused-ring (bicyclic) bond motifs is 1. The average molecular weight is 259 g/mol. The van der Waals surface area contributed by atoms with Crippen LogP contribution in [0, 0.1) is 10.8 Å². The number of pyridine rings is 1. The van der Waals surface area contributed by atoms with Crippen LogP contribution in [0.15, 0.2) is 12.3 Å². The molecule has 0 radical (unpaired) electrons. The number of aromatic nitrogens is 3. The van der Waals surface area contributed by atoms with Crippen molar-refractivity contribution < 1.29 is 0 Å². The first-order chi connectivity index (χ1) is 5.27. The maximum Gasteiger partial charge on any atom is 0.169 e. The molecule has 0 aliphatic heterocycles. The Morgan fingerprint density at radius 2 is 2.36 bits per heavy atom. The van der Waals surface area contributed by atoms with Crippen LogP contribution in [-0.4, -0.2) is 15.0 Å². The number of halogens is 1. The van der Waals surface area contributed by atoms with E-state index in [0.29, 0.717) is 0 Å². The van der Waals surface area contributed by atoms with E-state index in [1.54, 1.807) is 6.20 Å². The first-order valence-electron chi connectivity index (χ1n) is 3.24. The van der Waals surface area contributed by atoms with Gasteiger partial charge in [-0.05, 0) is 35.6 Å². The topological polar surface area (TPSA) is 41.6 Å². The smallest absolute Gasteiger partial charge is 0.169 e. The van der Waals surface area contributed by atoms with Crippen molar-refractivity contribution in [2.24, 2.45) is 0 Å². The van der Waals surface area contributed by atoms with Gasteiger partial charge in [0.05, 0.1) is 16.7 Å². The maximum atomic E-state index is 4.27. The molecule has 3 nitrogen and oxygen atoms in total. The molecule has 2 heterocycles. The van der Waals surface area contributed by atoms with Crippen molar-refractivity contribution in [3.63, 3.8) is 0 Å². The molecule has 1 N–H and O–H groups in total. The summed E-state index contributed by atoms with van der Waals surface area (Å²) < 4.78 is 0.911. The van der Waals surface area contributed by atoms with Crippen molar-refractivity contribution in [2.45, 2.75) is 6.92 Å². The predicted molar refractivity (Wildman–Crippen MR) is 51.3 cm³/mol. The van der Waals surface area contributed by atoms with Crippen LogP contribution in [0.3, 0.4) is 0 Å². The van der Waals surface area contributed by atoms with Gasteiger partial charge in [0.15, 0.2) is 3.83 Å². The zero-order valence-electron chi connectivity index (χ0n) is 5.93. The molecule has 0 saturated heterocycles. The molecule has 4 heteroatoms. The Kier molecular flexibility index (Phi) is 1.56. The highest BCUT2D eigenvalue weighted by atomic mass is 127. The van der Waals surface area contributed by atoms with Crippen molar-refractivity contribution in [1.29, 1.82) is 0 Å². The molecule has 0 unspecified atom stereocenters. The lowest BCUT2D eigenvalue weighted by Gasteiger charge is -1.89. The Bertz CT molecular complexity index is 393. The van der Waals surface area contributed by atoms with Gasteiger partial charge in [0.2, 0.25) is 0 Å². The summed E-state index contributed by atoms with van der Waals surface area (Å²) in [6.45, 7) is 1.97. The Hall–Kier alpha value is -0.650. The van der Waals surface area contributed by atoms with Crippen molar-refractivity contribution in [2.75, 3.05) is 0 Å². The molecule has 0 aliphatic carbocycles. The van der Waals surface area contributed by atoms with Gasteiger partial charge < -0.3 is 4.98 Å². The minimum absolute atomic E-state index is 0.911. The molecule has 0 spiro atoms. The SMILES string of the molecule is Cc1nccc2nc(I)[nH]c12. The second kappa shape index (κ2) is 2.44. The monoisotopic (exact) mass is 259 g/mol. The number of aromatic amines is 1. The normalized spacial score (nSPS) is 10.7. The van der Waals surface area contributed by atoms with Crippen LogP contribution in [0.5, 0.6) is 0 Å². The van der Waals surface area contributed by atoms with Crippen molar-refractivity contribution >= 4 is 33.6 Å². The molecule has 56 valence electrons. The summed E-state index contributed by atoms with van der Waals surface area (Å²) in [6.07, 6.45) is 1.77. The Morgan fingerprint density at radius 3 is 3.09 bits per heavy atom. The highest BCUT2D eigenvalue weighted by Crippen LogP contribution is 2.13. The molecule has 2 aromatic heterocycles. The fourth-order valence-corrected chi connectivity index (χ4v) is 1.57. The van der Waals surface area contributed by atoms with Gasteiger partial charge in [0.25, 0.3) is 0 Å². The molecule has 0 aromatic carbocycles. The van der Waals surface area contributed by atoms with Crippen molar-refractivity contribution in [3.05, 3.63) is 21.8 Å². The van der Waals surface area contributed by atoms with E-state index in [-0.39, 0.29) is 0 Å². The van der Waals surface area contributed by atoms with Crippen molar-refractivity contribution in [3.8, 4) is 0 Å². The zero-order valence-corrected chi connectivity index (χ0v) is 8.08. The van der Waals surface area contributed by atoms with Gasteiger partial charge in [-0.15, -0.1) is 0 Å². The highest BCUT2D eigenvalue weighted by molar-refractivity contribution is 14.1. The predicted octanol–water partition coefficient (Wildman–Crippen LogP) is 1.87. The summed E-state index contributed by atoms with van der Waals surface area (Å²) in [5.74, 6) is 0. The highest BCUT2D eigenvalue weighted by Gasteiger charge is 2.01. The molecule has 0 bridgehead atoms. The summed E-state index contributed by atoms with van der Waals surface area (Å²) in [5.41, 5.74) is 3.02. The number of hydrogen-bond acceptors (Lipinski definition) is 2. The molecule has 0 aliphatic rings. The largest absolute Gasteiger partial charge is 0.332 e. The van der Waals surface area contributed by atoms with Crippen LogP contribution in [0.4, 0.5) is 0 Å². The van der Waals surface area contributed by atoms with Gasteiger partial charge in [-0.1, -0.05) is 0 Å². The third-order valence-electron chi connectivity index (χ3n) is 1.57. The number of H-pyrrole nitrogens is 1. The van der Waals surface area contributed by atoms with E-state index in [0.717, 1.165) is 20.6 Å². The lowest BCUT2D eigenvalue weighted by atomic mass is 10.3. The third kappa shape index (κ3) is 1.11. The van der Waals surface area contributed by atoms with E-state index in [2.05, 4.69) is 37.5 Å². The Labute approximate surface area is 77.4 Å². The minimum atomic E-state index is 0.911. The summed E-state index contributed by atoms with van der Waals surface area (Å²) >= 11 is 2.16. The number of aryl methyl sites for hydroxylation is 1. The first kappa shape index (κ1) is 7.02. The second-order valence-corrected chi connectivity index (χ2v) is 3.34. The lowest BCUT2D eigenvalue weighted by Crippen LogP contribution is -1.80. The maximum absolute atomic E-state index is 4.27.